The Kier molecular flexibility index (Phi) is 6.26. The maximum atomic E-state index is 13.1. The van der Waals surface area contributed by atoms with Gasteiger partial charge in [-0.15, -0.1) is 0 Å². The van der Waals surface area contributed by atoms with Gasteiger partial charge < -0.3 is 14.5 Å². The lowest BCUT2D eigenvalue weighted by atomic mass is 10.1. The van der Waals surface area contributed by atoms with Crippen molar-refractivity contribution in [3.05, 3.63) is 83.9 Å². The maximum absolute atomic E-state index is 13.1. The molecule has 0 radical (unpaired) electrons. The summed E-state index contributed by atoms with van der Waals surface area (Å²) in [5.74, 6) is 0.861. The molecule has 184 valence electrons. The second kappa shape index (κ2) is 9.99. The number of carbonyl (C=O) groups is 1. The normalized spacial score (nSPS) is 16.4. The van der Waals surface area contributed by atoms with Gasteiger partial charge in [0.2, 0.25) is 5.91 Å². The molecule has 1 saturated heterocycles. The van der Waals surface area contributed by atoms with Crippen molar-refractivity contribution in [2.24, 2.45) is 0 Å². The molecule has 0 aliphatic carbocycles. The Balaban J connectivity index is 1.09. The largest absolute Gasteiger partial charge is 0.491 e. The van der Waals surface area contributed by atoms with Gasteiger partial charge in [-0.1, -0.05) is 36.4 Å². The lowest BCUT2D eigenvalue weighted by Crippen LogP contribution is -2.45. The van der Waals surface area contributed by atoms with E-state index in [-0.39, 0.29) is 12.5 Å². The van der Waals surface area contributed by atoms with Gasteiger partial charge in [-0.3, -0.25) is 9.69 Å². The molecule has 1 fully saturated rings. The first kappa shape index (κ1) is 22.5. The van der Waals surface area contributed by atoms with Crippen LogP contribution >= 0.6 is 0 Å². The van der Waals surface area contributed by atoms with Crippen LogP contribution in [0.1, 0.15) is 11.1 Å². The van der Waals surface area contributed by atoms with Crippen molar-refractivity contribution in [3.63, 3.8) is 0 Å². The van der Waals surface area contributed by atoms with Gasteiger partial charge >= 0.3 is 0 Å². The summed E-state index contributed by atoms with van der Waals surface area (Å²) < 4.78 is 5.98. The Morgan fingerprint density at radius 2 is 1.56 bits per heavy atom. The minimum absolute atomic E-state index is 0.00538. The van der Waals surface area contributed by atoms with Crippen LogP contribution < -0.4 is 9.64 Å². The zero-order chi connectivity index (χ0) is 24.3. The molecule has 36 heavy (non-hydrogen) atoms. The predicted molar refractivity (Wildman–Crippen MR) is 139 cm³/mol. The molecule has 2 aliphatic rings. The van der Waals surface area contributed by atoms with Crippen LogP contribution in [0.5, 0.6) is 5.75 Å². The number of hydrogen-bond acceptors (Lipinski definition) is 6. The van der Waals surface area contributed by atoms with E-state index < -0.39 is 0 Å². The number of carbonyl (C=O) groups excluding carboxylic acids is 1. The molecule has 0 spiro atoms. The summed E-state index contributed by atoms with van der Waals surface area (Å²) in [5.41, 5.74) is 5.19. The molecule has 2 aliphatic heterocycles. The molecule has 0 atom stereocenters. The summed E-state index contributed by atoms with van der Waals surface area (Å²) in [4.78, 5) is 21.4. The van der Waals surface area contributed by atoms with Gasteiger partial charge in [-0.2, -0.15) is 15.0 Å². The first-order valence-corrected chi connectivity index (χ1v) is 12.6. The van der Waals surface area contributed by atoms with Crippen molar-refractivity contribution in [2.45, 2.75) is 19.6 Å². The summed E-state index contributed by atoms with van der Waals surface area (Å²) in [6, 6.07) is 24.7. The van der Waals surface area contributed by atoms with Crippen LogP contribution in [0.2, 0.25) is 0 Å². The number of rotatable bonds is 5. The highest BCUT2D eigenvalue weighted by atomic mass is 16.5. The number of amides is 1. The molecule has 0 bridgehead atoms. The van der Waals surface area contributed by atoms with E-state index in [2.05, 4.69) is 68.5 Å². The van der Waals surface area contributed by atoms with Crippen LogP contribution in [0.4, 0.5) is 5.69 Å². The Morgan fingerprint density at radius 3 is 2.31 bits per heavy atom. The molecule has 0 unspecified atom stereocenters. The van der Waals surface area contributed by atoms with Crippen molar-refractivity contribution in [3.8, 4) is 5.75 Å². The summed E-state index contributed by atoms with van der Waals surface area (Å²) in [6.07, 6.45) is 0. The van der Waals surface area contributed by atoms with E-state index in [1.807, 2.05) is 29.2 Å². The van der Waals surface area contributed by atoms with Crippen LogP contribution in [0.3, 0.4) is 0 Å². The average Bonchev–Trinajstić information content (AvgIpc) is 3.19. The fraction of sp³-hybridized carbons (Fsp3) is 0.321. The first-order valence-electron chi connectivity index (χ1n) is 12.6. The highest BCUT2D eigenvalue weighted by molar-refractivity contribution is 5.77. The van der Waals surface area contributed by atoms with E-state index >= 15 is 0 Å². The maximum Gasteiger partial charge on any atom is 0.246 e. The lowest BCUT2D eigenvalue weighted by Gasteiger charge is -2.36. The van der Waals surface area contributed by atoms with Gasteiger partial charge in [0.1, 0.15) is 29.9 Å². The number of benzene rings is 3. The second-order valence-corrected chi connectivity index (χ2v) is 9.42. The van der Waals surface area contributed by atoms with E-state index in [0.717, 1.165) is 55.1 Å². The molecule has 3 aromatic carbocycles. The molecule has 0 saturated carbocycles. The van der Waals surface area contributed by atoms with Gasteiger partial charge in [0.25, 0.3) is 0 Å². The molecule has 0 N–H and O–H groups in total. The standard InChI is InChI=1S/C28H30N6O2/c35-28(21-34-29-25-8-4-5-9-26(25)30-34)33-16-17-36-27-11-10-22(18-23(27)20-33)19-31-12-14-32(15-13-31)24-6-2-1-3-7-24/h1-11,18H,12-17,19-21H2. The van der Waals surface area contributed by atoms with Crippen LogP contribution in [0, 0.1) is 0 Å². The fourth-order valence-electron chi connectivity index (χ4n) is 5.02. The Bertz CT molecular complexity index is 1310. The quantitative estimate of drug-likeness (QED) is 0.435. The first-order chi connectivity index (χ1) is 17.7. The van der Waals surface area contributed by atoms with Crippen LogP contribution in [0.15, 0.2) is 72.8 Å². The molecular formula is C28H30N6O2. The summed E-state index contributed by atoms with van der Waals surface area (Å²) in [7, 11) is 0. The van der Waals surface area contributed by atoms with Gasteiger partial charge in [0, 0.05) is 50.5 Å². The Hall–Kier alpha value is -3.91. The molecule has 1 amide bonds. The van der Waals surface area contributed by atoms with Gasteiger partial charge in [-0.25, -0.2) is 0 Å². The van der Waals surface area contributed by atoms with Crippen molar-refractivity contribution < 1.29 is 9.53 Å². The number of anilines is 1. The zero-order valence-corrected chi connectivity index (χ0v) is 20.3. The average molecular weight is 483 g/mol. The molecule has 8 nitrogen and oxygen atoms in total. The minimum atomic E-state index is -0.00538. The number of para-hydroxylation sites is 1. The van der Waals surface area contributed by atoms with Gasteiger partial charge in [0.15, 0.2) is 0 Å². The topological polar surface area (TPSA) is 66.7 Å². The summed E-state index contributed by atoms with van der Waals surface area (Å²) in [6.45, 7) is 6.68. The third-order valence-corrected chi connectivity index (χ3v) is 6.96. The van der Waals surface area contributed by atoms with Crippen molar-refractivity contribution >= 4 is 22.6 Å². The number of ether oxygens (including phenoxy) is 1. The molecule has 3 heterocycles. The van der Waals surface area contributed by atoms with Crippen molar-refractivity contribution in [1.82, 2.24) is 24.8 Å². The fourth-order valence-corrected chi connectivity index (χ4v) is 5.02. The van der Waals surface area contributed by atoms with Gasteiger partial charge in [0.05, 0.1) is 6.54 Å². The van der Waals surface area contributed by atoms with E-state index in [9.17, 15) is 4.79 Å². The van der Waals surface area contributed by atoms with Crippen molar-refractivity contribution in [2.75, 3.05) is 44.2 Å². The van der Waals surface area contributed by atoms with Crippen LogP contribution in [0.25, 0.3) is 11.0 Å². The number of nitrogens with zero attached hydrogens (tertiary/aromatic N) is 6. The highest BCUT2D eigenvalue weighted by Gasteiger charge is 2.22. The van der Waals surface area contributed by atoms with Crippen LogP contribution in [-0.4, -0.2) is 70.0 Å². The van der Waals surface area contributed by atoms with E-state index in [0.29, 0.717) is 19.7 Å². The minimum Gasteiger partial charge on any atom is -0.491 e. The lowest BCUT2D eigenvalue weighted by molar-refractivity contribution is -0.133. The molecule has 1 aromatic heterocycles. The van der Waals surface area contributed by atoms with Crippen LogP contribution in [-0.2, 0) is 24.4 Å². The number of piperazine rings is 1. The SMILES string of the molecule is O=C(Cn1nc2ccccc2n1)N1CCOc2ccc(CN3CCN(c4ccccc4)CC3)cc2C1. The highest BCUT2D eigenvalue weighted by Crippen LogP contribution is 2.26. The number of hydrogen-bond donors (Lipinski definition) is 0. The van der Waals surface area contributed by atoms with E-state index in [4.69, 9.17) is 4.74 Å². The van der Waals surface area contributed by atoms with E-state index in [1.165, 1.54) is 16.0 Å². The predicted octanol–water partition coefficient (Wildman–Crippen LogP) is 3.17. The molecule has 8 heteroatoms. The molecular weight excluding hydrogens is 452 g/mol. The Labute approximate surface area is 210 Å². The monoisotopic (exact) mass is 482 g/mol. The Morgan fingerprint density at radius 1 is 0.833 bits per heavy atom. The number of fused-ring (bicyclic) bond motifs is 2. The molecule has 4 aromatic rings. The third-order valence-electron chi connectivity index (χ3n) is 6.96. The summed E-state index contributed by atoms with van der Waals surface area (Å²) >= 11 is 0. The van der Waals surface area contributed by atoms with E-state index in [1.54, 1.807) is 0 Å². The third kappa shape index (κ3) is 4.90. The van der Waals surface area contributed by atoms with Gasteiger partial charge in [-0.05, 0) is 42.0 Å². The van der Waals surface area contributed by atoms with Crippen molar-refractivity contribution in [1.29, 1.82) is 0 Å². The second-order valence-electron chi connectivity index (χ2n) is 9.42. The number of aromatic nitrogens is 3. The summed E-state index contributed by atoms with van der Waals surface area (Å²) in [5, 5.41) is 8.87. The smallest absolute Gasteiger partial charge is 0.246 e. The molecule has 6 rings (SSSR count). The zero-order valence-electron chi connectivity index (χ0n) is 20.3.